The Bertz CT molecular complexity index is 371. The van der Waals surface area contributed by atoms with E-state index in [1.807, 2.05) is 18.2 Å². The topological polar surface area (TPSA) is 44.5 Å². The van der Waals surface area contributed by atoms with E-state index in [2.05, 4.69) is 29.8 Å². The molecule has 1 aromatic rings. The SMILES string of the molecule is CCC(C)C(N)c1ccc(OCCOC)c(Br)c1. The predicted octanol–water partition coefficient (Wildman–Crippen LogP) is 3.52. The van der Waals surface area contributed by atoms with Gasteiger partial charge in [0.05, 0.1) is 11.1 Å². The third-order valence-electron chi connectivity index (χ3n) is 3.14. The van der Waals surface area contributed by atoms with Crippen molar-refractivity contribution in [1.82, 2.24) is 0 Å². The Morgan fingerprint density at radius 1 is 1.33 bits per heavy atom. The van der Waals surface area contributed by atoms with Crippen LogP contribution in [0.4, 0.5) is 0 Å². The molecule has 2 N–H and O–H groups in total. The van der Waals surface area contributed by atoms with Gasteiger partial charge in [0.1, 0.15) is 12.4 Å². The van der Waals surface area contributed by atoms with E-state index < -0.39 is 0 Å². The van der Waals surface area contributed by atoms with Crippen LogP contribution in [-0.4, -0.2) is 20.3 Å². The zero-order chi connectivity index (χ0) is 13.5. The molecule has 0 spiro atoms. The lowest BCUT2D eigenvalue weighted by molar-refractivity contribution is 0.146. The molecular formula is C14H22BrNO2. The maximum absolute atomic E-state index is 6.21. The van der Waals surface area contributed by atoms with Crippen molar-refractivity contribution >= 4 is 15.9 Å². The van der Waals surface area contributed by atoms with E-state index in [9.17, 15) is 0 Å². The van der Waals surface area contributed by atoms with Crippen molar-refractivity contribution in [2.24, 2.45) is 11.7 Å². The third-order valence-corrected chi connectivity index (χ3v) is 3.76. The third kappa shape index (κ3) is 4.26. The second-order valence-electron chi connectivity index (χ2n) is 4.44. The predicted molar refractivity (Wildman–Crippen MR) is 77.9 cm³/mol. The van der Waals surface area contributed by atoms with Crippen LogP contribution in [0.25, 0.3) is 0 Å². The Balaban J connectivity index is 2.72. The summed E-state index contributed by atoms with van der Waals surface area (Å²) in [4.78, 5) is 0. The molecule has 0 aliphatic carbocycles. The quantitative estimate of drug-likeness (QED) is 0.783. The fraction of sp³-hybridized carbons (Fsp3) is 0.571. The molecule has 2 unspecified atom stereocenters. The van der Waals surface area contributed by atoms with Crippen LogP contribution in [0.2, 0.25) is 0 Å². The number of methoxy groups -OCH3 is 1. The molecule has 0 amide bonds. The minimum Gasteiger partial charge on any atom is -0.490 e. The van der Waals surface area contributed by atoms with E-state index >= 15 is 0 Å². The highest BCUT2D eigenvalue weighted by Gasteiger charge is 2.14. The van der Waals surface area contributed by atoms with Gasteiger partial charge in [-0.3, -0.25) is 0 Å². The van der Waals surface area contributed by atoms with Crippen molar-refractivity contribution in [3.8, 4) is 5.75 Å². The number of halogens is 1. The van der Waals surface area contributed by atoms with Crippen molar-refractivity contribution in [1.29, 1.82) is 0 Å². The van der Waals surface area contributed by atoms with Gasteiger partial charge in [-0.15, -0.1) is 0 Å². The summed E-state index contributed by atoms with van der Waals surface area (Å²) < 4.78 is 11.5. The molecule has 2 atom stereocenters. The van der Waals surface area contributed by atoms with Gasteiger partial charge in [-0.25, -0.2) is 0 Å². The Labute approximate surface area is 118 Å². The average Bonchev–Trinajstić information content (AvgIpc) is 2.39. The number of ether oxygens (including phenoxy) is 2. The fourth-order valence-corrected chi connectivity index (χ4v) is 2.17. The van der Waals surface area contributed by atoms with Gasteiger partial charge in [0.15, 0.2) is 0 Å². The largest absolute Gasteiger partial charge is 0.490 e. The van der Waals surface area contributed by atoms with Crippen LogP contribution >= 0.6 is 15.9 Å². The van der Waals surface area contributed by atoms with E-state index in [0.29, 0.717) is 19.1 Å². The lowest BCUT2D eigenvalue weighted by atomic mass is 9.93. The summed E-state index contributed by atoms with van der Waals surface area (Å²) in [5, 5.41) is 0. The summed E-state index contributed by atoms with van der Waals surface area (Å²) >= 11 is 3.52. The highest BCUT2D eigenvalue weighted by Crippen LogP contribution is 2.30. The number of rotatable bonds is 7. The summed E-state index contributed by atoms with van der Waals surface area (Å²) in [6.07, 6.45) is 1.07. The van der Waals surface area contributed by atoms with Crippen molar-refractivity contribution < 1.29 is 9.47 Å². The molecule has 1 rings (SSSR count). The molecule has 0 saturated carbocycles. The van der Waals surface area contributed by atoms with Gasteiger partial charge in [-0.05, 0) is 39.5 Å². The van der Waals surface area contributed by atoms with E-state index in [1.54, 1.807) is 7.11 Å². The van der Waals surface area contributed by atoms with Crippen LogP contribution in [-0.2, 0) is 4.74 Å². The van der Waals surface area contributed by atoms with Crippen molar-refractivity contribution in [2.45, 2.75) is 26.3 Å². The van der Waals surface area contributed by atoms with Crippen LogP contribution in [0.15, 0.2) is 22.7 Å². The lowest BCUT2D eigenvalue weighted by Crippen LogP contribution is -2.18. The second kappa shape index (κ2) is 7.77. The Morgan fingerprint density at radius 2 is 2.06 bits per heavy atom. The van der Waals surface area contributed by atoms with E-state index in [-0.39, 0.29) is 6.04 Å². The number of benzene rings is 1. The lowest BCUT2D eigenvalue weighted by Gasteiger charge is -2.19. The van der Waals surface area contributed by atoms with E-state index in [1.165, 1.54) is 0 Å². The van der Waals surface area contributed by atoms with E-state index in [0.717, 1.165) is 22.2 Å². The Kier molecular flexibility index (Phi) is 6.68. The van der Waals surface area contributed by atoms with Gasteiger partial charge in [-0.1, -0.05) is 26.3 Å². The second-order valence-corrected chi connectivity index (χ2v) is 5.30. The molecule has 0 fully saturated rings. The summed E-state index contributed by atoms with van der Waals surface area (Å²) in [6.45, 7) is 5.45. The minimum absolute atomic E-state index is 0.0688. The van der Waals surface area contributed by atoms with Gasteiger partial charge in [0.25, 0.3) is 0 Å². The first-order valence-electron chi connectivity index (χ1n) is 6.26. The van der Waals surface area contributed by atoms with Gasteiger partial charge in [0, 0.05) is 13.2 Å². The van der Waals surface area contributed by atoms with Crippen LogP contribution in [0.3, 0.4) is 0 Å². The summed E-state index contributed by atoms with van der Waals surface area (Å²) in [6, 6.07) is 6.10. The first kappa shape index (κ1) is 15.5. The summed E-state index contributed by atoms with van der Waals surface area (Å²) in [5.41, 5.74) is 7.34. The average molecular weight is 316 g/mol. The van der Waals surface area contributed by atoms with Crippen molar-refractivity contribution in [3.63, 3.8) is 0 Å². The molecular weight excluding hydrogens is 294 g/mol. The highest BCUT2D eigenvalue weighted by molar-refractivity contribution is 9.10. The molecule has 0 saturated heterocycles. The normalized spacial score (nSPS) is 14.3. The van der Waals surface area contributed by atoms with Gasteiger partial charge in [0.2, 0.25) is 0 Å². The van der Waals surface area contributed by atoms with E-state index in [4.69, 9.17) is 15.2 Å². The molecule has 3 nitrogen and oxygen atoms in total. The maximum atomic E-state index is 6.21. The Hall–Kier alpha value is -0.580. The Morgan fingerprint density at radius 3 is 2.61 bits per heavy atom. The highest BCUT2D eigenvalue weighted by atomic mass is 79.9. The number of nitrogens with two attached hydrogens (primary N) is 1. The smallest absolute Gasteiger partial charge is 0.133 e. The molecule has 0 bridgehead atoms. The zero-order valence-corrected chi connectivity index (χ0v) is 12.9. The molecule has 0 aliphatic rings. The van der Waals surface area contributed by atoms with Crippen LogP contribution in [0, 0.1) is 5.92 Å². The molecule has 0 aliphatic heterocycles. The van der Waals surface area contributed by atoms with Crippen LogP contribution in [0.1, 0.15) is 31.9 Å². The first-order valence-corrected chi connectivity index (χ1v) is 7.06. The van der Waals surface area contributed by atoms with Crippen LogP contribution in [0.5, 0.6) is 5.75 Å². The fourth-order valence-electron chi connectivity index (χ4n) is 1.66. The van der Waals surface area contributed by atoms with Gasteiger partial charge in [-0.2, -0.15) is 0 Å². The zero-order valence-electron chi connectivity index (χ0n) is 11.3. The molecule has 0 aromatic heterocycles. The minimum atomic E-state index is 0.0688. The molecule has 102 valence electrons. The summed E-state index contributed by atoms with van der Waals surface area (Å²) in [7, 11) is 1.66. The molecule has 0 heterocycles. The molecule has 1 aromatic carbocycles. The first-order chi connectivity index (χ1) is 8.60. The molecule has 18 heavy (non-hydrogen) atoms. The van der Waals surface area contributed by atoms with Crippen molar-refractivity contribution in [2.75, 3.05) is 20.3 Å². The standard InChI is InChI=1S/C14H22BrNO2/c1-4-10(2)14(16)11-5-6-13(12(15)9-11)18-8-7-17-3/h5-6,9-10,14H,4,7-8,16H2,1-3H3. The monoisotopic (exact) mass is 315 g/mol. The van der Waals surface area contributed by atoms with Gasteiger partial charge < -0.3 is 15.2 Å². The number of hydrogen-bond acceptors (Lipinski definition) is 3. The van der Waals surface area contributed by atoms with Crippen molar-refractivity contribution in [3.05, 3.63) is 28.2 Å². The molecule has 4 heteroatoms. The van der Waals surface area contributed by atoms with Gasteiger partial charge >= 0.3 is 0 Å². The summed E-state index contributed by atoms with van der Waals surface area (Å²) in [5.74, 6) is 1.30. The molecule has 0 radical (unpaired) electrons. The van der Waals surface area contributed by atoms with Crippen LogP contribution < -0.4 is 10.5 Å². The maximum Gasteiger partial charge on any atom is 0.133 e. The number of hydrogen-bond donors (Lipinski definition) is 1.